The van der Waals surface area contributed by atoms with Gasteiger partial charge >= 0.3 is 0 Å². The van der Waals surface area contributed by atoms with E-state index in [0.29, 0.717) is 17.7 Å². The number of aromatic hydroxyl groups is 1. The first-order valence-electron chi connectivity index (χ1n) is 9.72. The summed E-state index contributed by atoms with van der Waals surface area (Å²) in [5.41, 5.74) is 2.30. The highest BCUT2D eigenvalue weighted by atomic mass is 16.3. The summed E-state index contributed by atoms with van der Waals surface area (Å²) in [6.07, 6.45) is 1.56. The molecule has 0 amide bonds. The van der Waals surface area contributed by atoms with Crippen molar-refractivity contribution < 1.29 is 14.9 Å². The van der Waals surface area contributed by atoms with Crippen LogP contribution >= 0.6 is 0 Å². The number of piperazine rings is 1. The zero-order valence-corrected chi connectivity index (χ0v) is 16.4. The van der Waals surface area contributed by atoms with Crippen molar-refractivity contribution in [1.82, 2.24) is 4.57 Å². The number of nitrogens with one attached hydrogen (secondary N) is 2. The quantitative estimate of drug-likeness (QED) is 0.586. The van der Waals surface area contributed by atoms with Crippen molar-refractivity contribution >= 4 is 0 Å². The minimum absolute atomic E-state index is 0.0343. The molecule has 0 saturated carbocycles. The van der Waals surface area contributed by atoms with Gasteiger partial charge in [0.05, 0.1) is 5.56 Å². The molecule has 0 aliphatic carbocycles. The Bertz CT molecular complexity index is 936. The lowest BCUT2D eigenvalue weighted by molar-refractivity contribution is -1.02. The molecular weight excluding hydrogens is 352 g/mol. The Hall–Kier alpha value is -2.88. The highest BCUT2D eigenvalue weighted by molar-refractivity contribution is 5.45. The van der Waals surface area contributed by atoms with Gasteiger partial charge in [-0.3, -0.25) is 9.36 Å². The molecular formula is C22H28N4O2+2. The van der Waals surface area contributed by atoms with Crippen LogP contribution in [0.25, 0.3) is 0 Å². The largest absolute Gasteiger partial charge is 0.494 e. The zero-order valence-electron chi connectivity index (χ0n) is 16.4. The molecule has 2 aromatic rings. The normalized spacial score (nSPS) is 19.1. The topological polar surface area (TPSA) is 74.9 Å². The first-order chi connectivity index (χ1) is 13.5. The van der Waals surface area contributed by atoms with Crippen LogP contribution < -0.4 is 15.4 Å². The van der Waals surface area contributed by atoms with Crippen LogP contribution in [-0.2, 0) is 19.6 Å². The van der Waals surface area contributed by atoms with Gasteiger partial charge in [-0.05, 0) is 12.5 Å². The summed E-state index contributed by atoms with van der Waals surface area (Å²) >= 11 is 0. The van der Waals surface area contributed by atoms with E-state index in [1.807, 2.05) is 12.1 Å². The first-order valence-corrected chi connectivity index (χ1v) is 9.72. The van der Waals surface area contributed by atoms with E-state index in [9.17, 15) is 15.2 Å². The molecule has 2 heterocycles. The van der Waals surface area contributed by atoms with Crippen LogP contribution in [0.5, 0.6) is 5.88 Å². The predicted molar refractivity (Wildman–Crippen MR) is 107 cm³/mol. The molecule has 0 radical (unpaired) electrons. The van der Waals surface area contributed by atoms with Crippen molar-refractivity contribution in [2.24, 2.45) is 0 Å². The smallest absolute Gasteiger partial charge is 0.271 e. The number of benzene rings is 1. The van der Waals surface area contributed by atoms with Crippen LogP contribution in [0, 0.1) is 18.3 Å². The van der Waals surface area contributed by atoms with Gasteiger partial charge in [0.2, 0.25) is 5.88 Å². The number of hydrogen-bond acceptors (Lipinski definition) is 3. The molecule has 28 heavy (non-hydrogen) atoms. The number of hydrogen-bond donors (Lipinski definition) is 3. The molecule has 6 nitrogen and oxygen atoms in total. The Morgan fingerprint density at radius 2 is 1.79 bits per heavy atom. The number of quaternary nitrogens is 2. The van der Waals surface area contributed by atoms with E-state index < -0.39 is 5.56 Å². The maximum Gasteiger partial charge on any atom is 0.271 e. The van der Waals surface area contributed by atoms with Gasteiger partial charge in [-0.1, -0.05) is 36.4 Å². The van der Waals surface area contributed by atoms with Crippen LogP contribution in [0.1, 0.15) is 22.3 Å². The Morgan fingerprint density at radius 1 is 1.18 bits per heavy atom. The average Bonchev–Trinajstić information content (AvgIpc) is 2.71. The SMILES string of the molecule is C=CCn1c(O)c(C[NH+]2CC[NH+](Cc3ccccc3)CC2)c(C)c(C#N)c1=O. The lowest BCUT2D eigenvalue weighted by Gasteiger charge is -2.30. The number of rotatable bonds is 6. The third kappa shape index (κ3) is 4.16. The number of nitriles is 1. The Labute approximate surface area is 165 Å². The van der Waals surface area contributed by atoms with Crippen LogP contribution in [0.2, 0.25) is 0 Å². The Morgan fingerprint density at radius 3 is 2.36 bits per heavy atom. The highest BCUT2D eigenvalue weighted by Gasteiger charge is 2.27. The molecule has 1 aliphatic heterocycles. The van der Waals surface area contributed by atoms with E-state index in [1.165, 1.54) is 15.0 Å². The standard InChI is InChI=1S/C22H26N4O2/c1-3-9-26-21(27)19(14-23)17(2)20(22(26)28)16-25-12-10-24(11-13-25)15-18-7-5-4-6-8-18/h3-8,28H,1,9-13,15-16H2,2H3/p+2. The molecule has 1 aromatic heterocycles. The van der Waals surface area contributed by atoms with Gasteiger partial charge in [0.25, 0.3) is 5.56 Å². The summed E-state index contributed by atoms with van der Waals surface area (Å²) in [4.78, 5) is 15.3. The fraction of sp³-hybridized carbons (Fsp3) is 0.364. The molecule has 1 saturated heterocycles. The van der Waals surface area contributed by atoms with Gasteiger partial charge in [-0.2, -0.15) is 5.26 Å². The van der Waals surface area contributed by atoms with Gasteiger partial charge in [-0.25, -0.2) is 0 Å². The minimum Gasteiger partial charge on any atom is -0.494 e. The second kappa shape index (κ2) is 8.87. The van der Waals surface area contributed by atoms with Crippen LogP contribution in [0.3, 0.4) is 0 Å². The van der Waals surface area contributed by atoms with E-state index in [4.69, 9.17) is 0 Å². The maximum absolute atomic E-state index is 12.4. The molecule has 3 N–H and O–H groups in total. The number of aromatic nitrogens is 1. The third-order valence-corrected chi connectivity index (χ3v) is 5.62. The summed E-state index contributed by atoms with van der Waals surface area (Å²) in [7, 11) is 0. The van der Waals surface area contributed by atoms with Gasteiger partial charge in [0.15, 0.2) is 0 Å². The van der Waals surface area contributed by atoms with E-state index in [0.717, 1.165) is 32.7 Å². The number of nitrogens with zero attached hydrogens (tertiary/aromatic N) is 2. The molecule has 1 fully saturated rings. The Balaban J connectivity index is 1.73. The van der Waals surface area contributed by atoms with Crippen LogP contribution in [0.15, 0.2) is 47.8 Å². The van der Waals surface area contributed by atoms with Gasteiger partial charge in [0.1, 0.15) is 50.9 Å². The number of pyridine rings is 1. The molecule has 6 heteroatoms. The first kappa shape index (κ1) is 19.9. The van der Waals surface area contributed by atoms with E-state index in [2.05, 4.69) is 30.8 Å². The lowest BCUT2D eigenvalue weighted by Crippen LogP contribution is -3.27. The fourth-order valence-corrected chi connectivity index (χ4v) is 3.96. The maximum atomic E-state index is 12.4. The molecule has 1 aliphatic rings. The van der Waals surface area contributed by atoms with Crippen molar-refractivity contribution in [3.63, 3.8) is 0 Å². The van der Waals surface area contributed by atoms with Crippen LogP contribution in [-0.4, -0.2) is 35.9 Å². The van der Waals surface area contributed by atoms with E-state index >= 15 is 0 Å². The second-order valence-electron chi connectivity index (χ2n) is 7.46. The minimum atomic E-state index is -0.451. The average molecular weight is 380 g/mol. The number of allylic oxidation sites excluding steroid dienone is 1. The molecule has 0 spiro atoms. The molecule has 146 valence electrons. The molecule has 0 atom stereocenters. The molecule has 3 rings (SSSR count). The summed E-state index contributed by atoms with van der Waals surface area (Å²) < 4.78 is 1.24. The third-order valence-electron chi connectivity index (χ3n) is 5.62. The fourth-order valence-electron chi connectivity index (χ4n) is 3.96. The highest BCUT2D eigenvalue weighted by Crippen LogP contribution is 2.20. The van der Waals surface area contributed by atoms with Crippen LogP contribution in [0.4, 0.5) is 0 Å². The van der Waals surface area contributed by atoms with Gasteiger partial charge in [-0.15, -0.1) is 6.58 Å². The van der Waals surface area contributed by atoms with Crippen molar-refractivity contribution in [3.8, 4) is 11.9 Å². The zero-order chi connectivity index (χ0) is 20.1. The molecule has 0 unspecified atom stereocenters. The second-order valence-corrected chi connectivity index (χ2v) is 7.46. The monoisotopic (exact) mass is 380 g/mol. The summed E-state index contributed by atoms with van der Waals surface area (Å²) in [6, 6.07) is 12.5. The lowest BCUT2D eigenvalue weighted by atomic mass is 10.0. The predicted octanol–water partition coefficient (Wildman–Crippen LogP) is -0.596. The van der Waals surface area contributed by atoms with Crippen molar-refractivity contribution in [2.45, 2.75) is 26.6 Å². The van der Waals surface area contributed by atoms with E-state index in [-0.39, 0.29) is 18.0 Å². The van der Waals surface area contributed by atoms with Crippen molar-refractivity contribution in [1.29, 1.82) is 5.26 Å². The Kier molecular flexibility index (Phi) is 6.30. The summed E-state index contributed by atoms with van der Waals surface area (Å²) in [5.74, 6) is -0.0343. The van der Waals surface area contributed by atoms with E-state index in [1.54, 1.807) is 17.9 Å². The van der Waals surface area contributed by atoms with Crippen molar-refractivity contribution in [3.05, 3.63) is 75.6 Å². The van der Waals surface area contributed by atoms with Crippen molar-refractivity contribution in [2.75, 3.05) is 26.2 Å². The van der Waals surface area contributed by atoms with Gasteiger partial charge in [0, 0.05) is 12.1 Å². The molecule has 1 aromatic carbocycles. The summed E-state index contributed by atoms with van der Waals surface area (Å²) in [6.45, 7) is 11.3. The summed E-state index contributed by atoms with van der Waals surface area (Å²) in [5, 5.41) is 20.1. The molecule has 0 bridgehead atoms. The van der Waals surface area contributed by atoms with Gasteiger partial charge < -0.3 is 14.9 Å².